The van der Waals surface area contributed by atoms with Crippen LogP contribution in [0.2, 0.25) is 0 Å². The van der Waals surface area contributed by atoms with Gasteiger partial charge in [0.1, 0.15) is 24.6 Å². The Bertz CT molecular complexity index is 1560. The zero-order valence-corrected chi connectivity index (χ0v) is 29.1. The highest BCUT2D eigenvalue weighted by Crippen LogP contribution is 2.32. The fourth-order valence-corrected chi connectivity index (χ4v) is 6.17. The van der Waals surface area contributed by atoms with E-state index in [0.29, 0.717) is 12.2 Å². The summed E-state index contributed by atoms with van der Waals surface area (Å²) in [4.78, 5) is 57.2. The maximum absolute atomic E-state index is 14.4. The first kappa shape index (κ1) is 37.5. The molecule has 2 aromatic carbocycles. The number of rotatable bonds is 15. The zero-order valence-electron chi connectivity index (χ0n) is 29.1. The number of piperazine rings is 1. The maximum atomic E-state index is 14.4. The van der Waals surface area contributed by atoms with E-state index < -0.39 is 24.3 Å². The molecule has 12 heteroatoms. The lowest BCUT2D eigenvalue weighted by molar-refractivity contribution is -0.187. The SMILES string of the molecule is C=CCOC(=O)NCCC[C@H]1C(=O)N(CC(C(=C)/C=C\C=C/C)c2ccccc2)C[C@H]2N1C(=O)CN(C)N2C(=O)NCc1ccc(OC)cc1. The van der Waals surface area contributed by atoms with Crippen molar-refractivity contribution >= 4 is 23.9 Å². The van der Waals surface area contributed by atoms with Crippen molar-refractivity contribution in [2.45, 2.75) is 44.4 Å². The van der Waals surface area contributed by atoms with Crippen molar-refractivity contribution in [2.24, 2.45) is 0 Å². The molecule has 5 amide bonds. The topological polar surface area (TPSA) is 124 Å². The summed E-state index contributed by atoms with van der Waals surface area (Å²) in [7, 11) is 3.28. The lowest BCUT2D eigenvalue weighted by atomic mass is 9.90. The minimum Gasteiger partial charge on any atom is -0.497 e. The maximum Gasteiger partial charge on any atom is 0.407 e. The Balaban J connectivity index is 1.62. The first-order valence-electron chi connectivity index (χ1n) is 16.7. The molecule has 50 heavy (non-hydrogen) atoms. The molecule has 1 unspecified atom stereocenters. The van der Waals surface area contributed by atoms with Crippen molar-refractivity contribution < 1.29 is 28.7 Å². The lowest BCUT2D eigenvalue weighted by Crippen LogP contribution is -2.76. The van der Waals surface area contributed by atoms with Crippen LogP contribution in [-0.4, -0.2) is 103 Å². The molecule has 266 valence electrons. The third-order valence-electron chi connectivity index (χ3n) is 8.67. The number of nitrogens with one attached hydrogen (secondary N) is 2. The summed E-state index contributed by atoms with van der Waals surface area (Å²) < 4.78 is 10.2. The van der Waals surface area contributed by atoms with Gasteiger partial charge in [-0.1, -0.05) is 86.0 Å². The normalized spacial score (nSPS) is 18.6. The van der Waals surface area contributed by atoms with E-state index in [0.717, 1.165) is 16.7 Å². The minimum absolute atomic E-state index is 0.0769. The Hall–Kier alpha value is -5.36. The number of fused-ring (bicyclic) bond motifs is 1. The molecular formula is C38H48N6O6. The summed E-state index contributed by atoms with van der Waals surface area (Å²) in [6, 6.07) is 16.0. The summed E-state index contributed by atoms with van der Waals surface area (Å²) in [5.41, 5.74) is 2.68. The minimum atomic E-state index is -0.860. The smallest absolute Gasteiger partial charge is 0.407 e. The molecule has 2 aromatic rings. The van der Waals surface area contributed by atoms with E-state index in [4.69, 9.17) is 9.47 Å². The Kier molecular flexibility index (Phi) is 13.8. The van der Waals surface area contributed by atoms with Crippen LogP contribution in [0, 0.1) is 0 Å². The molecule has 0 bridgehead atoms. The van der Waals surface area contributed by atoms with Crippen LogP contribution < -0.4 is 15.4 Å². The van der Waals surface area contributed by atoms with Gasteiger partial charge in [-0.25, -0.2) is 19.6 Å². The third kappa shape index (κ3) is 9.63. The number of urea groups is 1. The molecule has 0 spiro atoms. The van der Waals surface area contributed by atoms with Crippen LogP contribution in [0.4, 0.5) is 9.59 Å². The quantitative estimate of drug-likeness (QED) is 0.160. The predicted molar refractivity (Wildman–Crippen MR) is 192 cm³/mol. The van der Waals surface area contributed by atoms with Crippen LogP contribution in [0.1, 0.15) is 36.8 Å². The lowest BCUT2D eigenvalue weighted by Gasteiger charge is -2.54. The van der Waals surface area contributed by atoms with Crippen molar-refractivity contribution in [1.82, 2.24) is 30.5 Å². The number of nitrogens with zero attached hydrogens (tertiary/aromatic N) is 4. The fraction of sp³-hybridized carbons (Fsp3) is 0.368. The number of carbonyl (C=O) groups is 4. The Morgan fingerprint density at radius 1 is 1.06 bits per heavy atom. The fourth-order valence-electron chi connectivity index (χ4n) is 6.17. The number of carbonyl (C=O) groups excluding carboxylic acids is 4. The van der Waals surface area contributed by atoms with Gasteiger partial charge in [0.05, 0.1) is 20.2 Å². The first-order valence-corrected chi connectivity index (χ1v) is 16.7. The molecule has 0 aliphatic carbocycles. The average Bonchev–Trinajstić information content (AvgIpc) is 3.12. The van der Waals surface area contributed by atoms with Gasteiger partial charge >= 0.3 is 12.1 Å². The number of amides is 5. The van der Waals surface area contributed by atoms with Gasteiger partial charge in [0.25, 0.3) is 0 Å². The molecule has 0 saturated carbocycles. The number of likely N-dealkylation sites (N-methyl/N-ethyl adjacent to an activating group) is 1. The van der Waals surface area contributed by atoms with Crippen molar-refractivity contribution in [3.8, 4) is 5.75 Å². The number of hydrogen-bond donors (Lipinski definition) is 2. The summed E-state index contributed by atoms with van der Waals surface area (Å²) in [6.45, 7) is 10.7. The molecule has 2 heterocycles. The molecule has 2 aliphatic rings. The van der Waals surface area contributed by atoms with Crippen LogP contribution in [0.15, 0.2) is 104 Å². The number of methoxy groups -OCH3 is 1. The number of hydrogen-bond acceptors (Lipinski definition) is 7. The molecule has 4 rings (SSSR count). The van der Waals surface area contributed by atoms with Gasteiger partial charge in [-0.05, 0) is 48.6 Å². The van der Waals surface area contributed by atoms with E-state index in [1.54, 1.807) is 29.0 Å². The van der Waals surface area contributed by atoms with Gasteiger partial charge in [-0.3, -0.25) is 9.59 Å². The van der Waals surface area contributed by atoms with Gasteiger partial charge in [0, 0.05) is 32.6 Å². The summed E-state index contributed by atoms with van der Waals surface area (Å²) in [6.07, 6.45) is 8.46. The van der Waals surface area contributed by atoms with Gasteiger partial charge in [-0.2, -0.15) is 0 Å². The Morgan fingerprint density at radius 2 is 1.80 bits per heavy atom. The van der Waals surface area contributed by atoms with Crippen molar-refractivity contribution in [3.05, 3.63) is 115 Å². The summed E-state index contributed by atoms with van der Waals surface area (Å²) in [5, 5.41) is 8.79. The highest BCUT2D eigenvalue weighted by atomic mass is 16.5. The zero-order chi connectivity index (χ0) is 36.0. The van der Waals surface area contributed by atoms with Crippen molar-refractivity contribution in [2.75, 3.05) is 46.9 Å². The van der Waals surface area contributed by atoms with Crippen LogP contribution in [0.3, 0.4) is 0 Å². The van der Waals surface area contributed by atoms with E-state index in [1.807, 2.05) is 85.8 Å². The Morgan fingerprint density at radius 3 is 2.48 bits per heavy atom. The van der Waals surface area contributed by atoms with Crippen LogP contribution in [0.5, 0.6) is 5.75 Å². The molecule has 2 fully saturated rings. The number of ether oxygens (including phenoxy) is 2. The van der Waals surface area contributed by atoms with E-state index >= 15 is 0 Å². The standard InChI is InChI=1S/C38H48N6O6/c1-6-8-10-14-28(3)32(30-15-11-9-12-16-30)25-42-26-34-43(33(36(42)46)17-13-22-39-38(48)50-23-7-2)35(45)27-41(4)44(34)37(47)40-24-29-18-20-31(49-5)21-19-29/h6-12,14-16,18-21,32-34H,2-3,13,17,22-27H2,1,4-5H3,(H,39,48)(H,40,47)/b8-6-,14-10-/t32?,33-,34-/m0/s1. The largest absolute Gasteiger partial charge is 0.497 e. The van der Waals surface area contributed by atoms with Crippen molar-refractivity contribution in [1.29, 1.82) is 0 Å². The summed E-state index contributed by atoms with van der Waals surface area (Å²) in [5.74, 6) is -0.0188. The van der Waals surface area contributed by atoms with Crippen molar-refractivity contribution in [3.63, 3.8) is 0 Å². The van der Waals surface area contributed by atoms with E-state index in [-0.39, 0.29) is 63.5 Å². The molecule has 0 radical (unpaired) electrons. The Labute approximate surface area is 294 Å². The molecule has 2 saturated heterocycles. The van der Waals surface area contributed by atoms with Crippen LogP contribution in [-0.2, 0) is 20.9 Å². The number of hydrazine groups is 1. The van der Waals surface area contributed by atoms with Gasteiger partial charge in [0.2, 0.25) is 11.8 Å². The van der Waals surface area contributed by atoms with Gasteiger partial charge < -0.3 is 29.9 Å². The van der Waals surface area contributed by atoms with E-state index in [1.165, 1.54) is 11.1 Å². The second kappa shape index (κ2) is 18.4. The average molecular weight is 685 g/mol. The molecule has 12 nitrogen and oxygen atoms in total. The predicted octanol–water partition coefficient (Wildman–Crippen LogP) is 4.60. The molecule has 0 aromatic heterocycles. The van der Waals surface area contributed by atoms with E-state index in [9.17, 15) is 19.2 Å². The molecule has 2 aliphatic heterocycles. The molecular weight excluding hydrogens is 636 g/mol. The van der Waals surface area contributed by atoms with Crippen LogP contribution >= 0.6 is 0 Å². The third-order valence-corrected chi connectivity index (χ3v) is 8.67. The first-order chi connectivity index (χ1) is 24.2. The number of allylic oxidation sites excluding steroid dienone is 4. The molecule has 3 atom stereocenters. The second-order valence-electron chi connectivity index (χ2n) is 12.1. The van der Waals surface area contributed by atoms with Gasteiger partial charge in [0.15, 0.2) is 0 Å². The summed E-state index contributed by atoms with van der Waals surface area (Å²) >= 11 is 0. The highest BCUT2D eigenvalue weighted by molar-refractivity contribution is 5.91. The molecule has 2 N–H and O–H groups in total. The number of alkyl carbamates (subject to hydrolysis) is 1. The monoisotopic (exact) mass is 684 g/mol. The van der Waals surface area contributed by atoms with Crippen LogP contribution in [0.25, 0.3) is 0 Å². The van der Waals surface area contributed by atoms with Gasteiger partial charge in [-0.15, -0.1) is 0 Å². The van der Waals surface area contributed by atoms with E-state index in [2.05, 4.69) is 23.8 Å². The number of benzene rings is 2. The highest BCUT2D eigenvalue weighted by Gasteiger charge is 2.50. The second-order valence-corrected chi connectivity index (χ2v) is 12.1.